The van der Waals surface area contributed by atoms with Crippen LogP contribution in [0.25, 0.3) is 0 Å². The Morgan fingerprint density at radius 1 is 1.56 bits per heavy atom. The zero-order chi connectivity index (χ0) is 13.7. The van der Waals surface area contributed by atoms with E-state index in [1.54, 1.807) is 18.8 Å². The van der Waals surface area contributed by atoms with Gasteiger partial charge in [-0.1, -0.05) is 20.4 Å². The smallest absolute Gasteiger partial charge is 0.271 e. The fraction of sp³-hybridized carbons (Fsp3) is 0.462. The summed E-state index contributed by atoms with van der Waals surface area (Å²) in [7, 11) is 3.35. The summed E-state index contributed by atoms with van der Waals surface area (Å²) in [5.41, 5.74) is 2.91. The Kier molecular flexibility index (Phi) is 2.65. The lowest BCUT2D eigenvalue weighted by Crippen LogP contribution is -2.32. The van der Waals surface area contributed by atoms with Crippen molar-refractivity contribution >= 4 is 11.6 Å². The monoisotopic (exact) mass is 246 g/mol. The van der Waals surface area contributed by atoms with Gasteiger partial charge >= 0.3 is 0 Å². The van der Waals surface area contributed by atoms with Gasteiger partial charge in [-0.25, -0.2) is 0 Å². The zero-order valence-electron chi connectivity index (χ0n) is 11.2. The molecule has 0 atom stereocenters. The highest BCUT2D eigenvalue weighted by atomic mass is 16.1. The number of carbonyl (C=O) groups is 1. The fourth-order valence-corrected chi connectivity index (χ4v) is 2.61. The maximum absolute atomic E-state index is 11.9. The largest absolute Gasteiger partial charge is 0.354 e. The molecule has 0 saturated carbocycles. The summed E-state index contributed by atoms with van der Waals surface area (Å²) in [6.07, 6.45) is 0.675. The number of carbonyl (C=O) groups excluding carboxylic acids is 1. The van der Waals surface area contributed by atoms with Gasteiger partial charge < -0.3 is 5.32 Å². The predicted octanol–water partition coefficient (Wildman–Crippen LogP) is 1.39. The molecule has 96 valence electrons. The number of rotatable bonds is 1. The minimum absolute atomic E-state index is 0.208. The van der Waals surface area contributed by atoms with Crippen molar-refractivity contribution < 1.29 is 4.79 Å². The molecule has 18 heavy (non-hydrogen) atoms. The average molecular weight is 246 g/mol. The molecule has 1 aromatic rings. The van der Waals surface area contributed by atoms with E-state index < -0.39 is 0 Å². The van der Waals surface area contributed by atoms with Gasteiger partial charge in [0.05, 0.1) is 11.4 Å². The van der Waals surface area contributed by atoms with Crippen molar-refractivity contribution in [1.82, 2.24) is 15.1 Å². The van der Waals surface area contributed by atoms with Gasteiger partial charge in [0, 0.05) is 19.7 Å². The van der Waals surface area contributed by atoms with Gasteiger partial charge in [0.2, 0.25) is 0 Å². The number of fused-ring (bicyclic) bond motifs is 1. The molecule has 0 spiro atoms. The standard InChI is InChI=1S/C13H18N4O/c1-7-6-13(2,3)8-10(12(18)15-4)16-17(5)11(8)9(7)14/h14H,1,6H2,2-5H3,(H,15,18). The molecule has 0 unspecified atom stereocenters. The maximum Gasteiger partial charge on any atom is 0.271 e. The van der Waals surface area contributed by atoms with Crippen molar-refractivity contribution in [2.75, 3.05) is 7.05 Å². The molecule has 2 rings (SSSR count). The van der Waals surface area contributed by atoms with Gasteiger partial charge in [-0.2, -0.15) is 5.10 Å². The second kappa shape index (κ2) is 3.80. The normalized spacial score (nSPS) is 17.6. The molecule has 0 fully saturated rings. The quantitative estimate of drug-likeness (QED) is 0.786. The Bertz CT molecular complexity index is 566. The molecule has 5 heteroatoms. The van der Waals surface area contributed by atoms with Gasteiger partial charge in [0.15, 0.2) is 5.69 Å². The zero-order valence-corrected chi connectivity index (χ0v) is 11.2. The Labute approximate surface area is 106 Å². The highest BCUT2D eigenvalue weighted by Gasteiger charge is 2.39. The molecule has 0 aromatic carbocycles. The Hall–Kier alpha value is -1.91. The number of hydrogen-bond acceptors (Lipinski definition) is 3. The van der Waals surface area contributed by atoms with Crippen LogP contribution in [-0.4, -0.2) is 28.4 Å². The highest BCUT2D eigenvalue weighted by Crippen LogP contribution is 2.40. The summed E-state index contributed by atoms with van der Waals surface area (Å²) < 4.78 is 1.61. The van der Waals surface area contributed by atoms with E-state index >= 15 is 0 Å². The number of hydrogen-bond donors (Lipinski definition) is 2. The average Bonchev–Trinajstić information content (AvgIpc) is 2.63. The van der Waals surface area contributed by atoms with Crippen LogP contribution in [0.4, 0.5) is 0 Å². The highest BCUT2D eigenvalue weighted by molar-refractivity contribution is 6.13. The Morgan fingerprint density at radius 2 is 2.17 bits per heavy atom. The van der Waals surface area contributed by atoms with Crippen LogP contribution in [0.15, 0.2) is 12.2 Å². The predicted molar refractivity (Wildman–Crippen MR) is 70.2 cm³/mol. The third-order valence-corrected chi connectivity index (χ3v) is 3.41. The second-order valence-corrected chi connectivity index (χ2v) is 5.31. The van der Waals surface area contributed by atoms with Crippen molar-refractivity contribution in [2.24, 2.45) is 7.05 Å². The van der Waals surface area contributed by atoms with Crippen LogP contribution in [0.5, 0.6) is 0 Å². The minimum atomic E-state index is -0.229. The summed E-state index contributed by atoms with van der Waals surface area (Å²) in [6.45, 7) is 8.05. The first-order valence-corrected chi connectivity index (χ1v) is 5.86. The van der Waals surface area contributed by atoms with Crippen molar-refractivity contribution in [3.05, 3.63) is 29.1 Å². The molecule has 0 aliphatic heterocycles. The van der Waals surface area contributed by atoms with Crippen molar-refractivity contribution in [1.29, 1.82) is 5.41 Å². The molecule has 0 bridgehead atoms. The third-order valence-electron chi connectivity index (χ3n) is 3.41. The van der Waals surface area contributed by atoms with Gasteiger partial charge in [-0.15, -0.1) is 0 Å². The van der Waals surface area contributed by atoms with E-state index in [2.05, 4.69) is 30.8 Å². The van der Waals surface area contributed by atoms with Crippen molar-refractivity contribution in [3.8, 4) is 0 Å². The number of nitrogens with one attached hydrogen (secondary N) is 2. The van der Waals surface area contributed by atoms with E-state index in [-0.39, 0.29) is 11.3 Å². The molecule has 1 aromatic heterocycles. The number of amides is 1. The Balaban J connectivity index is 2.76. The third kappa shape index (κ3) is 1.58. The molecular formula is C13H18N4O. The first-order chi connectivity index (χ1) is 8.29. The van der Waals surface area contributed by atoms with Crippen LogP contribution in [0.3, 0.4) is 0 Å². The minimum Gasteiger partial charge on any atom is -0.354 e. The SMILES string of the molecule is C=C1CC(C)(C)c2c(C(=O)NC)nn(C)c2C1=N. The molecule has 1 aliphatic rings. The molecule has 0 radical (unpaired) electrons. The number of aromatic nitrogens is 2. The summed E-state index contributed by atoms with van der Waals surface area (Å²) in [5, 5.41) is 15.0. The van der Waals surface area contributed by atoms with E-state index in [4.69, 9.17) is 5.41 Å². The first kappa shape index (κ1) is 12.5. The van der Waals surface area contributed by atoms with Crippen molar-refractivity contribution in [3.63, 3.8) is 0 Å². The fourth-order valence-electron chi connectivity index (χ4n) is 2.61. The molecule has 1 amide bonds. The number of allylic oxidation sites excluding steroid dienone is 1. The maximum atomic E-state index is 11.9. The van der Waals surface area contributed by atoms with Crippen LogP contribution in [-0.2, 0) is 12.5 Å². The summed E-state index contributed by atoms with van der Waals surface area (Å²) in [5.74, 6) is -0.208. The molecule has 2 N–H and O–H groups in total. The van der Waals surface area contributed by atoms with E-state index in [1.165, 1.54) is 0 Å². The summed E-state index contributed by atoms with van der Waals surface area (Å²) in [6, 6.07) is 0. The summed E-state index contributed by atoms with van der Waals surface area (Å²) >= 11 is 0. The van der Waals surface area contributed by atoms with Crippen molar-refractivity contribution in [2.45, 2.75) is 25.7 Å². The van der Waals surface area contributed by atoms with Crippen LogP contribution >= 0.6 is 0 Å². The van der Waals surface area contributed by atoms with Crippen LogP contribution < -0.4 is 5.32 Å². The second-order valence-electron chi connectivity index (χ2n) is 5.31. The topological polar surface area (TPSA) is 70.8 Å². The van der Waals surface area contributed by atoms with Gasteiger partial charge in [-0.3, -0.25) is 14.9 Å². The summed E-state index contributed by atoms with van der Waals surface area (Å²) in [4.78, 5) is 11.9. The lowest BCUT2D eigenvalue weighted by molar-refractivity contribution is 0.0955. The molecule has 1 aliphatic carbocycles. The molecule has 5 nitrogen and oxygen atoms in total. The number of nitrogens with zero attached hydrogens (tertiary/aromatic N) is 2. The van der Waals surface area contributed by atoms with Crippen LogP contribution in [0.2, 0.25) is 0 Å². The van der Waals surface area contributed by atoms with Gasteiger partial charge in [0.1, 0.15) is 0 Å². The molecular weight excluding hydrogens is 228 g/mol. The van der Waals surface area contributed by atoms with Crippen LogP contribution in [0, 0.1) is 5.41 Å². The first-order valence-electron chi connectivity index (χ1n) is 5.86. The Morgan fingerprint density at radius 3 is 2.72 bits per heavy atom. The van der Waals surface area contributed by atoms with Crippen LogP contribution in [0.1, 0.15) is 42.0 Å². The van der Waals surface area contributed by atoms with Gasteiger partial charge in [0.25, 0.3) is 5.91 Å². The lowest BCUT2D eigenvalue weighted by Gasteiger charge is -2.32. The van der Waals surface area contributed by atoms with E-state index in [0.717, 1.165) is 11.1 Å². The lowest BCUT2D eigenvalue weighted by atomic mass is 9.71. The van der Waals surface area contributed by atoms with E-state index in [0.29, 0.717) is 23.5 Å². The van der Waals surface area contributed by atoms with E-state index in [9.17, 15) is 4.79 Å². The van der Waals surface area contributed by atoms with Gasteiger partial charge in [-0.05, 0) is 17.4 Å². The molecule has 1 heterocycles. The molecule has 0 saturated heterocycles. The van der Waals surface area contributed by atoms with E-state index in [1.807, 2.05) is 0 Å². The number of aryl methyl sites for hydroxylation is 1.